The summed E-state index contributed by atoms with van der Waals surface area (Å²) in [6.45, 7) is -1.41. The molecule has 1 amide bonds. The number of hydrogen-bond donors (Lipinski definition) is 4. The second-order valence-electron chi connectivity index (χ2n) is 9.37. The number of alkyl halides is 3. The minimum absolute atomic E-state index is 0.0684. The van der Waals surface area contributed by atoms with Gasteiger partial charge < -0.3 is 10.4 Å². The topological polar surface area (TPSA) is 160 Å². The highest BCUT2D eigenvalue weighted by Crippen LogP contribution is 2.48. The van der Waals surface area contributed by atoms with E-state index < -0.39 is 41.0 Å². The van der Waals surface area contributed by atoms with E-state index in [1.54, 1.807) is 24.3 Å². The van der Waals surface area contributed by atoms with Crippen LogP contribution in [0, 0.1) is 0 Å². The summed E-state index contributed by atoms with van der Waals surface area (Å²) in [5.41, 5.74) is -0.0470. The first-order valence-corrected chi connectivity index (χ1v) is 14.3. The Balaban J connectivity index is 1.42. The fraction of sp³-hybridized carbons (Fsp3) is 0.292. The number of hydrogen-bond acceptors (Lipinski definition) is 8. The van der Waals surface area contributed by atoms with E-state index in [1.807, 2.05) is 0 Å². The van der Waals surface area contributed by atoms with Gasteiger partial charge in [-0.3, -0.25) is 18.5 Å². The average Bonchev–Trinajstić information content (AvgIpc) is 3.48. The van der Waals surface area contributed by atoms with Crippen molar-refractivity contribution in [3.63, 3.8) is 0 Å². The Hall–Kier alpha value is -3.70. The van der Waals surface area contributed by atoms with Crippen molar-refractivity contribution in [3.8, 4) is 17.1 Å². The van der Waals surface area contributed by atoms with Crippen molar-refractivity contribution >= 4 is 28.1 Å². The summed E-state index contributed by atoms with van der Waals surface area (Å²) in [5.74, 6) is -0.354. The minimum atomic E-state index is -4.96. The molecule has 4 aromatic rings. The third kappa shape index (κ3) is 6.31. The van der Waals surface area contributed by atoms with Crippen LogP contribution in [0.25, 0.3) is 17.1 Å². The standard InChI is InChI=1S/C24H23ClF3N7O5S/c25-15-7-5-14(6-8-15)21-32-34(23(38)33(21)9-19(36)24(26,27)28)10-20-29-13-35(31-20)18-4-2-1-3-17(18)22(37)30-16-11-41(39,40)12-16/h1-8,13,16,19,36,39-40H,9-12H2,(H,30,37)/t19-/m0/s1. The molecule has 218 valence electrons. The number of benzene rings is 2. The maximum absolute atomic E-state index is 13.1. The lowest BCUT2D eigenvalue weighted by Gasteiger charge is -2.47. The normalized spacial score (nSPS) is 16.7. The van der Waals surface area contributed by atoms with Gasteiger partial charge in [0.05, 0.1) is 35.3 Å². The molecule has 1 saturated heterocycles. The van der Waals surface area contributed by atoms with E-state index >= 15 is 0 Å². The maximum atomic E-state index is 13.1. The summed E-state index contributed by atoms with van der Waals surface area (Å²) in [5, 5.41) is 21.3. The molecule has 0 unspecified atom stereocenters. The molecule has 2 aromatic heterocycles. The number of aromatic nitrogens is 6. The molecular weight excluding hydrogens is 591 g/mol. The monoisotopic (exact) mass is 613 g/mol. The molecule has 2 aromatic carbocycles. The van der Waals surface area contributed by atoms with Crippen LogP contribution < -0.4 is 11.0 Å². The van der Waals surface area contributed by atoms with Gasteiger partial charge in [-0.25, -0.2) is 19.1 Å². The van der Waals surface area contributed by atoms with Crippen molar-refractivity contribution in [2.45, 2.75) is 31.4 Å². The summed E-state index contributed by atoms with van der Waals surface area (Å²) >= 11 is 5.91. The van der Waals surface area contributed by atoms with E-state index in [0.29, 0.717) is 20.8 Å². The van der Waals surface area contributed by atoms with E-state index in [9.17, 15) is 37.0 Å². The highest BCUT2D eigenvalue weighted by Gasteiger charge is 2.39. The molecule has 5 rings (SSSR count). The number of aliphatic hydroxyl groups is 1. The summed E-state index contributed by atoms with van der Waals surface area (Å²) in [4.78, 5) is 30.1. The molecule has 3 heterocycles. The van der Waals surface area contributed by atoms with Crippen LogP contribution in [-0.4, -0.2) is 79.1 Å². The van der Waals surface area contributed by atoms with Gasteiger partial charge in [-0.15, -0.1) is 10.2 Å². The molecule has 1 fully saturated rings. The molecule has 4 N–H and O–H groups in total. The fourth-order valence-corrected chi connectivity index (χ4v) is 5.71. The highest BCUT2D eigenvalue weighted by atomic mass is 35.5. The number of para-hydroxylation sites is 1. The quantitative estimate of drug-likeness (QED) is 0.236. The van der Waals surface area contributed by atoms with Crippen molar-refractivity contribution < 1.29 is 32.2 Å². The van der Waals surface area contributed by atoms with Crippen LogP contribution in [0.3, 0.4) is 0 Å². The summed E-state index contributed by atoms with van der Waals surface area (Å²) in [6.07, 6.45) is -6.47. The molecule has 12 nitrogen and oxygen atoms in total. The molecule has 1 atom stereocenters. The zero-order valence-corrected chi connectivity index (χ0v) is 22.5. The number of halogens is 4. The van der Waals surface area contributed by atoms with Crippen molar-refractivity contribution in [1.29, 1.82) is 0 Å². The zero-order valence-electron chi connectivity index (χ0n) is 20.9. The Morgan fingerprint density at radius 1 is 1.12 bits per heavy atom. The Labute approximate surface area is 236 Å². The maximum Gasteiger partial charge on any atom is 0.416 e. The van der Waals surface area contributed by atoms with Crippen molar-refractivity contribution in [3.05, 3.63) is 81.8 Å². The SMILES string of the molecule is O=C(NC1CS(O)(O)C1)c1ccccc1-n1cnc(Cn2nc(-c3ccc(Cl)cc3)n(C[C@H](O)C(F)(F)F)c2=O)n1. The van der Waals surface area contributed by atoms with Gasteiger partial charge in [0, 0.05) is 10.6 Å². The van der Waals surface area contributed by atoms with E-state index in [0.717, 1.165) is 4.68 Å². The highest BCUT2D eigenvalue weighted by molar-refractivity contribution is 8.25. The molecule has 1 aliphatic rings. The largest absolute Gasteiger partial charge is 0.416 e. The molecule has 17 heteroatoms. The Bertz CT molecular complexity index is 1630. The predicted molar refractivity (Wildman–Crippen MR) is 143 cm³/mol. The molecule has 0 saturated carbocycles. The molecule has 0 bridgehead atoms. The van der Waals surface area contributed by atoms with E-state index in [1.165, 1.54) is 35.3 Å². The lowest BCUT2D eigenvalue weighted by molar-refractivity contribution is -0.207. The second kappa shape index (κ2) is 10.9. The number of nitrogens with one attached hydrogen (secondary N) is 1. The summed E-state index contributed by atoms with van der Waals surface area (Å²) in [7, 11) is -2.64. The van der Waals surface area contributed by atoms with Crippen LogP contribution in [0.1, 0.15) is 16.2 Å². The Kier molecular flexibility index (Phi) is 7.69. The molecular formula is C24H23ClF3N7O5S. The van der Waals surface area contributed by atoms with E-state index in [-0.39, 0.29) is 41.3 Å². The van der Waals surface area contributed by atoms with Gasteiger partial charge in [-0.1, -0.05) is 23.7 Å². The molecule has 41 heavy (non-hydrogen) atoms. The third-order valence-electron chi connectivity index (χ3n) is 6.26. The minimum Gasteiger partial charge on any atom is -0.382 e. The summed E-state index contributed by atoms with van der Waals surface area (Å²) < 4.78 is 61.4. The van der Waals surface area contributed by atoms with Gasteiger partial charge in [-0.2, -0.15) is 23.8 Å². The smallest absolute Gasteiger partial charge is 0.382 e. The van der Waals surface area contributed by atoms with Crippen LogP contribution >= 0.6 is 22.2 Å². The van der Waals surface area contributed by atoms with E-state index in [4.69, 9.17) is 11.6 Å². The fourth-order valence-electron chi connectivity index (χ4n) is 4.22. The van der Waals surface area contributed by atoms with Crippen LogP contribution in [0.2, 0.25) is 5.02 Å². The number of nitrogens with zero attached hydrogens (tertiary/aromatic N) is 6. The van der Waals surface area contributed by atoms with Crippen molar-refractivity contribution in [2.75, 3.05) is 11.5 Å². The third-order valence-corrected chi connectivity index (χ3v) is 8.38. The van der Waals surface area contributed by atoms with Crippen LogP contribution in [0.5, 0.6) is 0 Å². The lowest BCUT2D eigenvalue weighted by atomic mass is 10.1. The van der Waals surface area contributed by atoms with Gasteiger partial charge in [-0.05, 0) is 36.4 Å². The number of carbonyl (C=O) groups excluding carboxylic acids is 1. The first-order valence-electron chi connectivity index (χ1n) is 12.0. The van der Waals surface area contributed by atoms with Crippen LogP contribution in [-0.2, 0) is 13.1 Å². The Morgan fingerprint density at radius 3 is 2.46 bits per heavy atom. The first-order chi connectivity index (χ1) is 19.3. The van der Waals surface area contributed by atoms with Crippen LogP contribution in [0.15, 0.2) is 59.7 Å². The predicted octanol–water partition coefficient (Wildman–Crippen LogP) is 2.78. The summed E-state index contributed by atoms with van der Waals surface area (Å²) in [6, 6.07) is 12.0. The van der Waals surface area contributed by atoms with Gasteiger partial charge in [0.15, 0.2) is 17.8 Å². The molecule has 1 aliphatic heterocycles. The second-order valence-corrected chi connectivity index (χ2v) is 12.1. The van der Waals surface area contributed by atoms with Crippen LogP contribution in [0.4, 0.5) is 13.2 Å². The van der Waals surface area contributed by atoms with Gasteiger partial charge in [0.1, 0.15) is 12.9 Å². The number of aliphatic hydroxyl groups excluding tert-OH is 1. The Morgan fingerprint density at radius 2 is 1.80 bits per heavy atom. The molecule has 0 radical (unpaired) electrons. The van der Waals surface area contributed by atoms with Gasteiger partial charge >= 0.3 is 11.9 Å². The van der Waals surface area contributed by atoms with Gasteiger partial charge in [0.2, 0.25) is 0 Å². The van der Waals surface area contributed by atoms with E-state index in [2.05, 4.69) is 20.5 Å². The zero-order chi connectivity index (χ0) is 29.5. The molecule has 0 spiro atoms. The number of amides is 1. The first kappa shape index (κ1) is 28.8. The van der Waals surface area contributed by atoms with Crippen molar-refractivity contribution in [1.82, 2.24) is 34.4 Å². The lowest BCUT2D eigenvalue weighted by Crippen LogP contribution is -2.50. The number of rotatable bonds is 8. The van der Waals surface area contributed by atoms with Crippen molar-refractivity contribution in [2.24, 2.45) is 0 Å². The van der Waals surface area contributed by atoms with Gasteiger partial charge in [0.25, 0.3) is 5.91 Å². The average molecular weight is 614 g/mol. The number of carbonyl (C=O) groups is 1. The molecule has 0 aliphatic carbocycles.